The summed E-state index contributed by atoms with van der Waals surface area (Å²) in [6.45, 7) is 0. The van der Waals surface area contributed by atoms with Crippen LogP contribution in [0.2, 0.25) is 0 Å². The lowest BCUT2D eigenvalue weighted by Crippen LogP contribution is -2.15. The van der Waals surface area contributed by atoms with Gasteiger partial charge in [0.15, 0.2) is 11.5 Å². The van der Waals surface area contributed by atoms with Gasteiger partial charge in [-0.05, 0) is 46.4 Å². The second-order valence-electron chi connectivity index (χ2n) is 4.37. The minimum atomic E-state index is -0.725. The average molecular weight is 405 g/mol. The molecule has 112 valence electrons. The molecule has 3 nitrogen and oxygen atoms in total. The summed E-state index contributed by atoms with van der Waals surface area (Å²) in [6.07, 6.45) is 0. The molecule has 0 aliphatic heterocycles. The van der Waals surface area contributed by atoms with Gasteiger partial charge in [-0.25, -0.2) is 8.78 Å². The van der Waals surface area contributed by atoms with Crippen molar-refractivity contribution in [2.24, 2.45) is 5.73 Å². The molecule has 0 saturated carbocycles. The second-order valence-corrected chi connectivity index (χ2v) is 5.53. The quantitative estimate of drug-likeness (QED) is 0.791. The zero-order valence-electron chi connectivity index (χ0n) is 11.5. The Bertz CT molecular complexity index is 664. The molecule has 0 fully saturated rings. The highest BCUT2D eigenvalue weighted by atomic mass is 127. The Kier molecular flexibility index (Phi) is 5.00. The molecule has 1 atom stereocenters. The van der Waals surface area contributed by atoms with E-state index in [1.165, 1.54) is 38.5 Å². The summed E-state index contributed by atoms with van der Waals surface area (Å²) in [5.41, 5.74) is 7.02. The highest BCUT2D eigenvalue weighted by Crippen LogP contribution is 2.34. The largest absolute Gasteiger partial charge is 0.493 e. The van der Waals surface area contributed by atoms with Crippen molar-refractivity contribution >= 4 is 22.6 Å². The van der Waals surface area contributed by atoms with E-state index in [1.54, 1.807) is 6.07 Å². The molecule has 0 aliphatic rings. The molecule has 2 N–H and O–H groups in total. The molecule has 0 heterocycles. The first-order valence-electron chi connectivity index (χ1n) is 6.10. The highest BCUT2D eigenvalue weighted by molar-refractivity contribution is 14.1. The van der Waals surface area contributed by atoms with Crippen LogP contribution in [0.25, 0.3) is 0 Å². The van der Waals surface area contributed by atoms with E-state index in [0.29, 0.717) is 20.6 Å². The number of nitrogens with two attached hydrogens (primary N) is 1. The van der Waals surface area contributed by atoms with Gasteiger partial charge < -0.3 is 15.2 Å². The maximum Gasteiger partial charge on any atom is 0.163 e. The monoisotopic (exact) mass is 405 g/mol. The Hall–Kier alpha value is -1.41. The summed E-state index contributed by atoms with van der Waals surface area (Å²) < 4.78 is 38.2. The zero-order chi connectivity index (χ0) is 15.6. The summed E-state index contributed by atoms with van der Waals surface area (Å²) in [4.78, 5) is 0. The van der Waals surface area contributed by atoms with Crippen molar-refractivity contribution < 1.29 is 18.3 Å². The van der Waals surface area contributed by atoms with Gasteiger partial charge in [0, 0.05) is 15.2 Å². The van der Waals surface area contributed by atoms with E-state index in [-0.39, 0.29) is 11.4 Å². The molecule has 0 aliphatic carbocycles. The van der Waals surface area contributed by atoms with Gasteiger partial charge in [0.05, 0.1) is 20.3 Å². The van der Waals surface area contributed by atoms with E-state index < -0.39 is 11.9 Å². The fourth-order valence-corrected chi connectivity index (χ4v) is 2.84. The predicted octanol–water partition coefficient (Wildman–Crippen LogP) is 3.63. The van der Waals surface area contributed by atoms with Gasteiger partial charge in [0.25, 0.3) is 0 Å². The summed E-state index contributed by atoms with van der Waals surface area (Å²) in [7, 11) is 2.90. The summed E-state index contributed by atoms with van der Waals surface area (Å²) >= 11 is 1.97. The summed E-state index contributed by atoms with van der Waals surface area (Å²) in [5.74, 6) is -0.176. The number of methoxy groups -OCH3 is 2. The molecule has 0 aromatic heterocycles. The SMILES string of the molecule is COc1cc(F)c(C(N)c2ccc(F)cc2I)cc1OC. The molecule has 2 rings (SSSR count). The molecule has 0 saturated heterocycles. The topological polar surface area (TPSA) is 44.5 Å². The molecule has 6 heteroatoms. The van der Waals surface area contributed by atoms with Crippen LogP contribution in [0.5, 0.6) is 11.5 Å². The van der Waals surface area contributed by atoms with Crippen molar-refractivity contribution in [1.82, 2.24) is 0 Å². The van der Waals surface area contributed by atoms with Gasteiger partial charge in [0.1, 0.15) is 11.6 Å². The van der Waals surface area contributed by atoms with E-state index in [4.69, 9.17) is 15.2 Å². The number of ether oxygens (including phenoxy) is 2. The Morgan fingerprint density at radius 2 is 1.62 bits per heavy atom. The third kappa shape index (κ3) is 3.26. The number of benzene rings is 2. The molecule has 0 amide bonds. The Morgan fingerprint density at radius 3 is 2.19 bits per heavy atom. The Labute approximate surface area is 135 Å². The fourth-order valence-electron chi connectivity index (χ4n) is 2.03. The van der Waals surface area contributed by atoms with E-state index in [1.807, 2.05) is 22.6 Å². The van der Waals surface area contributed by atoms with Crippen LogP contribution in [0, 0.1) is 15.2 Å². The van der Waals surface area contributed by atoms with Crippen LogP contribution in [0.3, 0.4) is 0 Å². The lowest BCUT2D eigenvalue weighted by Gasteiger charge is -2.17. The predicted molar refractivity (Wildman–Crippen MR) is 84.7 cm³/mol. The first-order chi connectivity index (χ1) is 9.97. The molecule has 2 aromatic rings. The van der Waals surface area contributed by atoms with E-state index >= 15 is 0 Å². The molecular weight excluding hydrogens is 391 g/mol. The molecule has 1 unspecified atom stereocenters. The smallest absolute Gasteiger partial charge is 0.163 e. The molecule has 2 aromatic carbocycles. The third-order valence-corrected chi connectivity index (χ3v) is 4.07. The molecule has 0 radical (unpaired) electrons. The summed E-state index contributed by atoms with van der Waals surface area (Å²) in [6, 6.07) is 6.21. The van der Waals surface area contributed by atoms with Crippen LogP contribution in [0.4, 0.5) is 8.78 Å². The van der Waals surface area contributed by atoms with Crippen LogP contribution in [-0.4, -0.2) is 14.2 Å². The lowest BCUT2D eigenvalue weighted by atomic mass is 9.98. The fraction of sp³-hybridized carbons (Fsp3) is 0.200. The van der Waals surface area contributed by atoms with Crippen molar-refractivity contribution in [2.45, 2.75) is 6.04 Å². The van der Waals surface area contributed by atoms with Crippen LogP contribution < -0.4 is 15.2 Å². The van der Waals surface area contributed by atoms with Gasteiger partial charge in [-0.1, -0.05) is 6.07 Å². The minimum absolute atomic E-state index is 0.261. The lowest BCUT2D eigenvalue weighted by molar-refractivity contribution is 0.351. The molecule has 21 heavy (non-hydrogen) atoms. The Balaban J connectivity index is 2.50. The normalized spacial score (nSPS) is 12.1. The third-order valence-electron chi connectivity index (χ3n) is 3.14. The molecule has 0 bridgehead atoms. The van der Waals surface area contributed by atoms with Crippen molar-refractivity contribution in [3.63, 3.8) is 0 Å². The van der Waals surface area contributed by atoms with Gasteiger partial charge in [-0.15, -0.1) is 0 Å². The number of halogens is 3. The zero-order valence-corrected chi connectivity index (χ0v) is 13.6. The van der Waals surface area contributed by atoms with Crippen molar-refractivity contribution in [2.75, 3.05) is 14.2 Å². The van der Waals surface area contributed by atoms with E-state index in [2.05, 4.69) is 0 Å². The maximum atomic E-state index is 14.2. The average Bonchev–Trinajstić information content (AvgIpc) is 2.46. The van der Waals surface area contributed by atoms with E-state index in [0.717, 1.165) is 0 Å². The number of hydrogen-bond donors (Lipinski definition) is 1. The van der Waals surface area contributed by atoms with Crippen LogP contribution in [-0.2, 0) is 0 Å². The molecule has 0 spiro atoms. The van der Waals surface area contributed by atoms with Crippen LogP contribution in [0.15, 0.2) is 30.3 Å². The minimum Gasteiger partial charge on any atom is -0.493 e. The first kappa shape index (κ1) is 16.0. The number of rotatable bonds is 4. The van der Waals surface area contributed by atoms with Crippen LogP contribution in [0.1, 0.15) is 17.2 Å². The van der Waals surface area contributed by atoms with Gasteiger partial charge in [-0.3, -0.25) is 0 Å². The van der Waals surface area contributed by atoms with Crippen molar-refractivity contribution in [3.8, 4) is 11.5 Å². The second kappa shape index (κ2) is 6.57. The number of hydrogen-bond acceptors (Lipinski definition) is 3. The van der Waals surface area contributed by atoms with Gasteiger partial charge in [-0.2, -0.15) is 0 Å². The Morgan fingerprint density at radius 1 is 1.00 bits per heavy atom. The van der Waals surface area contributed by atoms with Gasteiger partial charge in [0.2, 0.25) is 0 Å². The van der Waals surface area contributed by atoms with Crippen molar-refractivity contribution in [1.29, 1.82) is 0 Å². The highest BCUT2D eigenvalue weighted by Gasteiger charge is 2.20. The molecular formula is C15H14F2INO2. The first-order valence-corrected chi connectivity index (χ1v) is 7.17. The summed E-state index contributed by atoms with van der Waals surface area (Å²) in [5, 5.41) is 0. The standard InChI is InChI=1S/C15H14F2INO2/c1-20-13-6-10(11(17)7-14(13)21-2)15(19)9-4-3-8(16)5-12(9)18/h3-7,15H,19H2,1-2H3. The van der Waals surface area contributed by atoms with Gasteiger partial charge >= 0.3 is 0 Å². The van der Waals surface area contributed by atoms with Crippen molar-refractivity contribution in [3.05, 3.63) is 56.7 Å². The maximum absolute atomic E-state index is 14.2. The van der Waals surface area contributed by atoms with Crippen LogP contribution >= 0.6 is 22.6 Å². The van der Waals surface area contributed by atoms with E-state index in [9.17, 15) is 8.78 Å².